The summed E-state index contributed by atoms with van der Waals surface area (Å²) in [6, 6.07) is 1.86. The molecule has 5 heteroatoms. The predicted molar refractivity (Wildman–Crippen MR) is 74.5 cm³/mol. The Morgan fingerprint density at radius 1 is 1.33 bits per heavy atom. The van der Waals surface area contributed by atoms with Gasteiger partial charge in [0, 0.05) is 32.2 Å². The van der Waals surface area contributed by atoms with Crippen LogP contribution in [-0.2, 0) is 0 Å². The smallest absolute Gasteiger partial charge is 0.197 e. The van der Waals surface area contributed by atoms with E-state index in [1.54, 1.807) is 12.3 Å². The summed E-state index contributed by atoms with van der Waals surface area (Å²) in [5.74, 6) is 0.804. The van der Waals surface area contributed by atoms with Gasteiger partial charge in [-0.25, -0.2) is 0 Å². The van der Waals surface area contributed by atoms with Crippen LogP contribution in [-0.4, -0.2) is 26.2 Å². The summed E-state index contributed by atoms with van der Waals surface area (Å²) in [7, 11) is 0. The van der Waals surface area contributed by atoms with E-state index in [4.69, 9.17) is 21.1 Å². The zero-order valence-electron chi connectivity index (χ0n) is 9.94. The highest BCUT2D eigenvalue weighted by Crippen LogP contribution is 2.28. The fraction of sp³-hybridized carbons (Fsp3) is 0.308. The molecule has 3 rings (SSSR count). The van der Waals surface area contributed by atoms with E-state index in [1.807, 2.05) is 6.07 Å². The van der Waals surface area contributed by atoms with Gasteiger partial charge in [-0.15, -0.1) is 0 Å². The second kappa shape index (κ2) is 4.59. The topological polar surface area (TPSA) is 41.6 Å². The SMILES string of the molecule is C=Cc1coc2c(=S)cc(N3CCNCC3)oc12. The van der Waals surface area contributed by atoms with Crippen LogP contribution in [0.3, 0.4) is 0 Å². The van der Waals surface area contributed by atoms with Gasteiger partial charge in [0.05, 0.1) is 10.1 Å². The van der Waals surface area contributed by atoms with Crippen molar-refractivity contribution in [2.24, 2.45) is 0 Å². The van der Waals surface area contributed by atoms with Gasteiger partial charge in [0.15, 0.2) is 17.1 Å². The largest absolute Gasteiger partial charge is 0.459 e. The molecule has 2 aromatic rings. The van der Waals surface area contributed by atoms with Gasteiger partial charge in [-0.1, -0.05) is 24.9 Å². The number of furan rings is 1. The Balaban J connectivity index is 2.12. The maximum Gasteiger partial charge on any atom is 0.197 e. The van der Waals surface area contributed by atoms with Crippen molar-refractivity contribution in [3.05, 3.63) is 29.0 Å². The molecule has 1 saturated heterocycles. The lowest BCUT2D eigenvalue weighted by molar-refractivity contribution is 0.518. The van der Waals surface area contributed by atoms with Crippen molar-refractivity contribution in [3.8, 4) is 0 Å². The molecular weight excluding hydrogens is 248 g/mol. The molecule has 0 amide bonds. The molecule has 0 aromatic carbocycles. The highest BCUT2D eigenvalue weighted by Gasteiger charge is 2.16. The normalized spacial score (nSPS) is 16.1. The summed E-state index contributed by atoms with van der Waals surface area (Å²) >= 11 is 5.34. The summed E-state index contributed by atoms with van der Waals surface area (Å²) in [6.07, 6.45) is 3.34. The highest BCUT2D eigenvalue weighted by atomic mass is 32.1. The number of fused-ring (bicyclic) bond motifs is 1. The molecule has 1 aliphatic heterocycles. The molecule has 1 N–H and O–H groups in total. The quantitative estimate of drug-likeness (QED) is 0.843. The Labute approximate surface area is 110 Å². The molecule has 0 radical (unpaired) electrons. The van der Waals surface area contributed by atoms with Gasteiger partial charge in [0.1, 0.15) is 6.26 Å². The first-order chi connectivity index (χ1) is 8.79. The average molecular weight is 262 g/mol. The van der Waals surface area contributed by atoms with Gasteiger partial charge >= 0.3 is 0 Å². The van der Waals surface area contributed by atoms with E-state index < -0.39 is 0 Å². The maximum atomic E-state index is 5.91. The van der Waals surface area contributed by atoms with Crippen LogP contribution in [0.2, 0.25) is 0 Å². The van der Waals surface area contributed by atoms with Crippen molar-refractivity contribution in [1.82, 2.24) is 5.32 Å². The van der Waals surface area contributed by atoms with E-state index in [0.29, 0.717) is 15.7 Å². The number of nitrogens with one attached hydrogen (secondary N) is 1. The van der Waals surface area contributed by atoms with E-state index in [0.717, 1.165) is 37.6 Å². The maximum absolute atomic E-state index is 5.91. The number of hydrogen-bond donors (Lipinski definition) is 1. The summed E-state index contributed by atoms with van der Waals surface area (Å²) in [4.78, 5) is 2.19. The molecule has 1 fully saturated rings. The lowest BCUT2D eigenvalue weighted by atomic mass is 10.3. The molecule has 0 atom stereocenters. The summed E-state index contributed by atoms with van der Waals surface area (Å²) in [6.45, 7) is 7.51. The van der Waals surface area contributed by atoms with Crippen LogP contribution in [0.15, 0.2) is 27.7 Å². The molecule has 4 nitrogen and oxygen atoms in total. The number of nitrogens with zero attached hydrogens (tertiary/aromatic N) is 1. The minimum Gasteiger partial charge on any atom is -0.459 e. The monoisotopic (exact) mass is 262 g/mol. The third kappa shape index (κ3) is 1.85. The summed E-state index contributed by atoms with van der Waals surface area (Å²) < 4.78 is 12.0. The van der Waals surface area contributed by atoms with Gasteiger partial charge < -0.3 is 19.1 Å². The molecular formula is C13H14N2O2S. The molecule has 18 heavy (non-hydrogen) atoms. The molecule has 0 unspecified atom stereocenters. The Hall–Kier alpha value is -1.59. The van der Waals surface area contributed by atoms with Gasteiger partial charge in [0.25, 0.3) is 0 Å². The van der Waals surface area contributed by atoms with Crippen molar-refractivity contribution in [2.45, 2.75) is 0 Å². The molecule has 2 aromatic heterocycles. The first kappa shape index (κ1) is 11.5. The minimum absolute atomic E-state index is 0.624. The average Bonchev–Trinajstić information content (AvgIpc) is 2.83. The zero-order chi connectivity index (χ0) is 12.5. The fourth-order valence-electron chi connectivity index (χ4n) is 2.13. The van der Waals surface area contributed by atoms with E-state index >= 15 is 0 Å². The van der Waals surface area contributed by atoms with Crippen molar-refractivity contribution < 1.29 is 8.83 Å². The van der Waals surface area contributed by atoms with E-state index in [2.05, 4.69) is 16.8 Å². The fourth-order valence-corrected chi connectivity index (χ4v) is 2.37. The summed E-state index contributed by atoms with van der Waals surface area (Å²) in [5, 5.41) is 3.31. The molecule has 0 aliphatic carbocycles. The number of hydrogen-bond acceptors (Lipinski definition) is 5. The molecule has 3 heterocycles. The second-order valence-corrected chi connectivity index (χ2v) is 4.68. The van der Waals surface area contributed by atoms with Crippen molar-refractivity contribution >= 4 is 35.3 Å². The molecule has 94 valence electrons. The molecule has 0 bridgehead atoms. The second-order valence-electron chi connectivity index (χ2n) is 4.24. The van der Waals surface area contributed by atoms with E-state index in [1.165, 1.54) is 0 Å². The third-order valence-corrected chi connectivity index (χ3v) is 3.41. The Morgan fingerprint density at radius 3 is 2.83 bits per heavy atom. The molecule has 1 aliphatic rings. The Morgan fingerprint density at radius 2 is 2.11 bits per heavy atom. The van der Waals surface area contributed by atoms with Crippen LogP contribution in [0.5, 0.6) is 0 Å². The predicted octanol–water partition coefficient (Wildman–Crippen LogP) is 2.81. The van der Waals surface area contributed by atoms with Crippen LogP contribution in [0.4, 0.5) is 5.88 Å². The molecule has 0 spiro atoms. The first-order valence-electron chi connectivity index (χ1n) is 5.93. The van der Waals surface area contributed by atoms with Crippen LogP contribution in [0.25, 0.3) is 17.2 Å². The number of rotatable bonds is 2. The van der Waals surface area contributed by atoms with Crippen LogP contribution < -0.4 is 10.2 Å². The third-order valence-electron chi connectivity index (χ3n) is 3.11. The number of anilines is 1. The number of piperazine rings is 1. The van der Waals surface area contributed by atoms with Gasteiger partial charge in [-0.3, -0.25) is 0 Å². The van der Waals surface area contributed by atoms with Gasteiger partial charge in [-0.05, 0) is 0 Å². The van der Waals surface area contributed by atoms with Crippen molar-refractivity contribution in [1.29, 1.82) is 0 Å². The van der Waals surface area contributed by atoms with Crippen molar-refractivity contribution in [2.75, 3.05) is 31.1 Å². The van der Waals surface area contributed by atoms with Crippen molar-refractivity contribution in [3.63, 3.8) is 0 Å². The molecule has 0 saturated carbocycles. The first-order valence-corrected chi connectivity index (χ1v) is 6.34. The summed E-state index contributed by atoms with van der Waals surface area (Å²) in [5.41, 5.74) is 2.15. The Kier molecular flexibility index (Phi) is 2.93. The van der Waals surface area contributed by atoms with Crippen LogP contribution in [0.1, 0.15) is 5.56 Å². The van der Waals surface area contributed by atoms with E-state index in [9.17, 15) is 0 Å². The van der Waals surface area contributed by atoms with Gasteiger partial charge in [-0.2, -0.15) is 0 Å². The van der Waals surface area contributed by atoms with E-state index in [-0.39, 0.29) is 0 Å². The lowest BCUT2D eigenvalue weighted by Gasteiger charge is -2.27. The lowest BCUT2D eigenvalue weighted by Crippen LogP contribution is -2.43. The zero-order valence-corrected chi connectivity index (χ0v) is 10.8. The van der Waals surface area contributed by atoms with Crippen LogP contribution in [0, 0.1) is 4.51 Å². The Bertz CT molecular complexity index is 638. The van der Waals surface area contributed by atoms with Gasteiger partial charge in [0.2, 0.25) is 0 Å². The standard InChI is InChI=1S/C13H14N2O2S/c1-2-9-8-16-13-10(18)7-11(17-12(9)13)15-5-3-14-4-6-15/h2,7-8,14H,1,3-6H2. The minimum atomic E-state index is 0.624. The highest BCUT2D eigenvalue weighted by molar-refractivity contribution is 7.71. The van der Waals surface area contributed by atoms with Crippen LogP contribution >= 0.6 is 12.2 Å².